The van der Waals surface area contributed by atoms with Gasteiger partial charge in [-0.05, 0) is 27.2 Å². The van der Waals surface area contributed by atoms with E-state index in [0.717, 1.165) is 12.8 Å². The molecular formula is C19H38O2. The van der Waals surface area contributed by atoms with Crippen LogP contribution in [0, 0.1) is 5.92 Å². The third kappa shape index (κ3) is 14.2. The molecule has 0 saturated heterocycles. The van der Waals surface area contributed by atoms with Gasteiger partial charge in [-0.15, -0.1) is 0 Å². The molecule has 2 heteroatoms. The van der Waals surface area contributed by atoms with Gasteiger partial charge in [-0.3, -0.25) is 4.79 Å². The second-order valence-electron chi connectivity index (χ2n) is 7.41. The molecule has 0 aromatic rings. The van der Waals surface area contributed by atoms with Crippen LogP contribution in [0.2, 0.25) is 0 Å². The van der Waals surface area contributed by atoms with Gasteiger partial charge >= 0.3 is 5.97 Å². The Kier molecular flexibility index (Phi) is 11.8. The number of hydrogen-bond donors (Lipinski definition) is 0. The zero-order valence-electron chi connectivity index (χ0n) is 15.2. The van der Waals surface area contributed by atoms with Crippen LogP contribution in [0.5, 0.6) is 0 Å². The van der Waals surface area contributed by atoms with Crippen LogP contribution in [0.15, 0.2) is 0 Å². The first-order valence-electron chi connectivity index (χ1n) is 9.09. The number of ether oxygens (including phenoxy) is 1. The summed E-state index contributed by atoms with van der Waals surface area (Å²) in [5, 5.41) is 0. The average molecular weight is 299 g/mol. The molecule has 21 heavy (non-hydrogen) atoms. The summed E-state index contributed by atoms with van der Waals surface area (Å²) < 4.78 is 5.40. The quantitative estimate of drug-likeness (QED) is 0.313. The molecule has 1 unspecified atom stereocenters. The van der Waals surface area contributed by atoms with E-state index in [0.29, 0.717) is 0 Å². The Hall–Kier alpha value is -0.530. The minimum atomic E-state index is -0.358. The lowest BCUT2D eigenvalue weighted by Gasteiger charge is -2.22. The van der Waals surface area contributed by atoms with E-state index in [-0.39, 0.29) is 17.5 Å². The summed E-state index contributed by atoms with van der Waals surface area (Å²) in [6.07, 6.45) is 14.3. The number of carbonyl (C=O) groups is 1. The predicted octanol–water partition coefficient (Wildman–Crippen LogP) is 6.28. The van der Waals surface area contributed by atoms with Gasteiger partial charge < -0.3 is 4.74 Å². The van der Waals surface area contributed by atoms with Gasteiger partial charge in [-0.25, -0.2) is 0 Å². The lowest BCUT2D eigenvalue weighted by atomic mass is 10.0. The lowest BCUT2D eigenvalue weighted by Crippen LogP contribution is -2.27. The molecule has 0 saturated carbocycles. The molecule has 0 aromatic heterocycles. The van der Waals surface area contributed by atoms with Crippen molar-refractivity contribution in [3.05, 3.63) is 0 Å². The second kappa shape index (κ2) is 12.1. The van der Waals surface area contributed by atoms with Gasteiger partial charge in [0, 0.05) is 0 Å². The maximum absolute atomic E-state index is 11.8. The topological polar surface area (TPSA) is 26.3 Å². The summed E-state index contributed by atoms with van der Waals surface area (Å²) in [6, 6.07) is 0. The summed E-state index contributed by atoms with van der Waals surface area (Å²) in [7, 11) is 0. The zero-order valence-corrected chi connectivity index (χ0v) is 15.2. The molecule has 0 aliphatic carbocycles. The van der Waals surface area contributed by atoms with Crippen LogP contribution >= 0.6 is 0 Å². The fraction of sp³-hybridized carbons (Fsp3) is 0.947. The minimum absolute atomic E-state index is 0.0401. The number of esters is 1. The SMILES string of the molecule is CCCCCCCCCCCCC(C)C(=O)OC(C)(C)C. The van der Waals surface area contributed by atoms with Gasteiger partial charge in [0.15, 0.2) is 0 Å². The maximum atomic E-state index is 11.8. The highest BCUT2D eigenvalue weighted by Gasteiger charge is 2.21. The highest BCUT2D eigenvalue weighted by molar-refractivity contribution is 5.72. The molecule has 126 valence electrons. The van der Waals surface area contributed by atoms with Gasteiger partial charge in [-0.2, -0.15) is 0 Å². The van der Waals surface area contributed by atoms with Crippen molar-refractivity contribution in [2.24, 2.45) is 5.92 Å². The molecule has 0 aliphatic heterocycles. The highest BCUT2D eigenvalue weighted by atomic mass is 16.6. The number of carbonyl (C=O) groups excluding carboxylic acids is 1. The van der Waals surface area contributed by atoms with E-state index in [9.17, 15) is 4.79 Å². The Bertz CT molecular complexity index is 253. The first-order chi connectivity index (χ1) is 9.87. The van der Waals surface area contributed by atoms with Gasteiger partial charge in [0.25, 0.3) is 0 Å². The van der Waals surface area contributed by atoms with Crippen LogP contribution < -0.4 is 0 Å². The molecule has 0 N–H and O–H groups in total. The van der Waals surface area contributed by atoms with Crippen molar-refractivity contribution in [1.82, 2.24) is 0 Å². The molecule has 0 fully saturated rings. The van der Waals surface area contributed by atoms with Crippen molar-refractivity contribution in [2.75, 3.05) is 0 Å². The van der Waals surface area contributed by atoms with Crippen LogP contribution in [-0.4, -0.2) is 11.6 Å². The summed E-state index contributed by atoms with van der Waals surface area (Å²) in [5.74, 6) is -0.00306. The van der Waals surface area contributed by atoms with E-state index < -0.39 is 0 Å². The van der Waals surface area contributed by atoms with Crippen LogP contribution in [-0.2, 0) is 9.53 Å². The van der Waals surface area contributed by atoms with Crippen molar-refractivity contribution in [3.8, 4) is 0 Å². The van der Waals surface area contributed by atoms with Crippen molar-refractivity contribution in [2.45, 2.75) is 111 Å². The van der Waals surface area contributed by atoms with Crippen molar-refractivity contribution >= 4 is 5.97 Å². The zero-order chi connectivity index (χ0) is 16.1. The molecule has 0 aliphatic rings. The Morgan fingerprint density at radius 2 is 1.29 bits per heavy atom. The van der Waals surface area contributed by atoms with Crippen LogP contribution in [0.25, 0.3) is 0 Å². The molecule has 1 atom stereocenters. The predicted molar refractivity (Wildman–Crippen MR) is 91.5 cm³/mol. The summed E-state index contributed by atoms with van der Waals surface area (Å²) in [5.41, 5.74) is -0.358. The summed E-state index contributed by atoms with van der Waals surface area (Å²) >= 11 is 0. The molecule has 0 radical (unpaired) electrons. The van der Waals surface area contributed by atoms with Crippen LogP contribution in [0.4, 0.5) is 0 Å². The van der Waals surface area contributed by atoms with Gasteiger partial charge in [0.05, 0.1) is 5.92 Å². The molecule has 0 bridgehead atoms. The first-order valence-corrected chi connectivity index (χ1v) is 9.09. The molecule has 0 heterocycles. The van der Waals surface area contributed by atoms with Crippen molar-refractivity contribution in [1.29, 1.82) is 0 Å². The van der Waals surface area contributed by atoms with Crippen molar-refractivity contribution in [3.63, 3.8) is 0 Å². The average Bonchev–Trinajstić information content (AvgIpc) is 2.38. The fourth-order valence-corrected chi connectivity index (χ4v) is 2.46. The third-order valence-corrected chi connectivity index (χ3v) is 3.80. The number of rotatable bonds is 12. The molecular weight excluding hydrogens is 260 g/mol. The maximum Gasteiger partial charge on any atom is 0.309 e. The minimum Gasteiger partial charge on any atom is -0.460 e. The second-order valence-corrected chi connectivity index (χ2v) is 7.41. The molecule has 0 spiro atoms. The number of unbranched alkanes of at least 4 members (excludes halogenated alkanes) is 9. The third-order valence-electron chi connectivity index (χ3n) is 3.80. The van der Waals surface area contributed by atoms with Crippen LogP contribution in [0.1, 0.15) is 105 Å². The smallest absolute Gasteiger partial charge is 0.309 e. The largest absolute Gasteiger partial charge is 0.460 e. The standard InChI is InChI=1S/C19H38O2/c1-6-7-8-9-10-11-12-13-14-15-16-17(2)18(20)21-19(3,4)5/h17H,6-16H2,1-5H3. The molecule has 2 nitrogen and oxygen atoms in total. The molecule has 0 amide bonds. The Morgan fingerprint density at radius 3 is 1.71 bits per heavy atom. The number of hydrogen-bond acceptors (Lipinski definition) is 2. The van der Waals surface area contributed by atoms with E-state index in [1.165, 1.54) is 57.8 Å². The Morgan fingerprint density at radius 1 is 0.857 bits per heavy atom. The van der Waals surface area contributed by atoms with Gasteiger partial charge in [0.2, 0.25) is 0 Å². The molecule has 0 rings (SSSR count). The van der Waals surface area contributed by atoms with Crippen molar-refractivity contribution < 1.29 is 9.53 Å². The summed E-state index contributed by atoms with van der Waals surface area (Å²) in [4.78, 5) is 11.8. The fourth-order valence-electron chi connectivity index (χ4n) is 2.46. The first kappa shape index (κ1) is 20.5. The van der Waals surface area contributed by atoms with Crippen LogP contribution in [0.3, 0.4) is 0 Å². The van der Waals surface area contributed by atoms with E-state index in [1.807, 2.05) is 27.7 Å². The van der Waals surface area contributed by atoms with E-state index >= 15 is 0 Å². The van der Waals surface area contributed by atoms with E-state index in [2.05, 4.69) is 6.92 Å². The highest BCUT2D eigenvalue weighted by Crippen LogP contribution is 2.17. The molecule has 0 aromatic carbocycles. The normalized spacial score (nSPS) is 13.2. The van der Waals surface area contributed by atoms with E-state index in [1.54, 1.807) is 0 Å². The summed E-state index contributed by atoms with van der Waals surface area (Å²) in [6.45, 7) is 10.0. The van der Waals surface area contributed by atoms with E-state index in [4.69, 9.17) is 4.74 Å². The Labute approximate surface area is 133 Å². The lowest BCUT2D eigenvalue weighted by molar-refractivity contribution is -0.159. The Balaban J connectivity index is 3.40. The van der Waals surface area contributed by atoms with Gasteiger partial charge in [-0.1, -0.05) is 78.1 Å². The monoisotopic (exact) mass is 298 g/mol. The van der Waals surface area contributed by atoms with Gasteiger partial charge in [0.1, 0.15) is 5.60 Å².